The van der Waals surface area contributed by atoms with Crippen LogP contribution in [-0.4, -0.2) is 52.9 Å². The average molecular weight is 318 g/mol. The minimum absolute atomic E-state index is 0.0251. The first kappa shape index (κ1) is 14.8. The molecule has 1 aromatic carbocycles. The van der Waals surface area contributed by atoms with E-state index in [9.17, 15) is 14.7 Å². The lowest BCUT2D eigenvalue weighted by molar-refractivity contribution is -0.138. The molecule has 1 N–H and O–H groups in total. The van der Waals surface area contributed by atoms with Crippen molar-refractivity contribution in [2.24, 2.45) is 0 Å². The van der Waals surface area contributed by atoms with Gasteiger partial charge >= 0.3 is 0 Å². The Kier molecular flexibility index (Phi) is 3.78. The van der Waals surface area contributed by atoms with Crippen LogP contribution in [0.4, 0.5) is 0 Å². The highest BCUT2D eigenvalue weighted by Crippen LogP contribution is 2.32. The minimum Gasteiger partial charge on any atom is -0.506 e. The van der Waals surface area contributed by atoms with Crippen LogP contribution in [0.3, 0.4) is 0 Å². The normalized spacial score (nSPS) is 19.0. The molecule has 2 aromatic rings. The maximum absolute atomic E-state index is 12.8. The molecule has 22 heavy (non-hydrogen) atoms. The molecule has 6 heteroatoms. The fourth-order valence-corrected chi connectivity index (χ4v) is 3.70. The Morgan fingerprint density at radius 1 is 1.41 bits per heavy atom. The van der Waals surface area contributed by atoms with E-state index in [0.29, 0.717) is 25.1 Å². The number of phenolic OH excluding ortho intramolecular Hbond substituents is 1. The second-order valence-electron chi connectivity index (χ2n) is 5.52. The number of carbonyl (C=O) groups is 2. The summed E-state index contributed by atoms with van der Waals surface area (Å²) in [5.41, 5.74) is 0.430. The molecule has 0 aliphatic carbocycles. The van der Waals surface area contributed by atoms with E-state index in [4.69, 9.17) is 0 Å². The summed E-state index contributed by atoms with van der Waals surface area (Å²) in [5, 5.41) is 12.8. The Labute approximate surface area is 132 Å². The smallest absolute Gasteiger partial charge is 0.254 e. The molecule has 1 unspecified atom stereocenters. The summed E-state index contributed by atoms with van der Waals surface area (Å²) in [6, 6.07) is 4.73. The molecule has 5 nitrogen and oxygen atoms in total. The van der Waals surface area contributed by atoms with Gasteiger partial charge in [0.25, 0.3) is 5.91 Å². The quantitative estimate of drug-likeness (QED) is 0.924. The molecular formula is C16H18N2O3S. The lowest BCUT2D eigenvalue weighted by Crippen LogP contribution is -2.57. The number of piperazine rings is 1. The molecule has 0 radical (unpaired) electrons. The summed E-state index contributed by atoms with van der Waals surface area (Å²) >= 11 is 1.44. The number of benzene rings is 1. The van der Waals surface area contributed by atoms with Gasteiger partial charge in [0.05, 0.1) is 4.70 Å². The molecule has 0 saturated carbocycles. The average Bonchev–Trinajstić information content (AvgIpc) is 2.98. The van der Waals surface area contributed by atoms with Gasteiger partial charge in [-0.25, -0.2) is 0 Å². The first-order valence-electron chi connectivity index (χ1n) is 7.29. The zero-order valence-corrected chi connectivity index (χ0v) is 13.4. The van der Waals surface area contributed by atoms with Crippen molar-refractivity contribution in [1.29, 1.82) is 0 Å². The molecule has 1 atom stereocenters. The van der Waals surface area contributed by atoms with Gasteiger partial charge in [-0.15, -0.1) is 11.3 Å². The second kappa shape index (κ2) is 5.61. The van der Waals surface area contributed by atoms with Gasteiger partial charge in [0.2, 0.25) is 5.91 Å². The summed E-state index contributed by atoms with van der Waals surface area (Å²) in [6.07, 6.45) is 0.585. The van der Waals surface area contributed by atoms with Crippen molar-refractivity contribution in [3.05, 3.63) is 29.1 Å². The highest BCUT2D eigenvalue weighted by atomic mass is 32.1. The van der Waals surface area contributed by atoms with Crippen molar-refractivity contribution in [2.45, 2.75) is 19.4 Å². The molecule has 1 saturated heterocycles. The predicted octanol–water partition coefficient (Wildman–Crippen LogP) is 2.30. The molecule has 3 rings (SSSR count). The van der Waals surface area contributed by atoms with Crippen LogP contribution in [0, 0.1) is 0 Å². The molecule has 1 aromatic heterocycles. The van der Waals surface area contributed by atoms with E-state index in [-0.39, 0.29) is 17.6 Å². The number of hydrogen-bond acceptors (Lipinski definition) is 4. The number of likely N-dealkylation sites (N-methyl/N-ethyl adjacent to an activating group) is 1. The van der Waals surface area contributed by atoms with E-state index in [1.54, 1.807) is 22.9 Å². The number of hydrogen-bond donors (Lipinski definition) is 1. The molecule has 1 aliphatic rings. The maximum atomic E-state index is 12.8. The monoisotopic (exact) mass is 318 g/mol. The van der Waals surface area contributed by atoms with Gasteiger partial charge in [0.15, 0.2) is 0 Å². The number of fused-ring (bicyclic) bond motifs is 1. The Morgan fingerprint density at radius 2 is 2.18 bits per heavy atom. The summed E-state index contributed by atoms with van der Waals surface area (Å²) in [6.45, 7) is 2.96. The molecule has 2 heterocycles. The number of carbonyl (C=O) groups excluding carboxylic acids is 2. The SMILES string of the molecule is CCC1C(=O)N(C)CCN1C(=O)c1cc(O)c2sccc2c1. The van der Waals surface area contributed by atoms with Crippen LogP contribution in [0.2, 0.25) is 0 Å². The lowest BCUT2D eigenvalue weighted by Gasteiger charge is -2.38. The maximum Gasteiger partial charge on any atom is 0.254 e. The van der Waals surface area contributed by atoms with Gasteiger partial charge < -0.3 is 14.9 Å². The van der Waals surface area contributed by atoms with Crippen LogP contribution >= 0.6 is 11.3 Å². The van der Waals surface area contributed by atoms with Crippen LogP contribution < -0.4 is 0 Å². The fourth-order valence-electron chi connectivity index (χ4n) is 2.90. The Bertz CT molecular complexity index is 740. The molecular weight excluding hydrogens is 300 g/mol. The van der Waals surface area contributed by atoms with E-state index in [2.05, 4.69) is 0 Å². The number of nitrogens with zero attached hydrogens (tertiary/aromatic N) is 2. The van der Waals surface area contributed by atoms with Gasteiger partial charge in [-0.1, -0.05) is 6.92 Å². The van der Waals surface area contributed by atoms with Gasteiger partial charge in [-0.3, -0.25) is 9.59 Å². The van der Waals surface area contributed by atoms with Crippen LogP contribution in [-0.2, 0) is 4.79 Å². The largest absolute Gasteiger partial charge is 0.506 e. The van der Waals surface area contributed by atoms with Crippen LogP contribution in [0.5, 0.6) is 5.75 Å². The van der Waals surface area contributed by atoms with Crippen molar-refractivity contribution in [1.82, 2.24) is 9.80 Å². The second-order valence-corrected chi connectivity index (χ2v) is 6.43. The Hall–Kier alpha value is -2.08. The third kappa shape index (κ3) is 2.33. The zero-order valence-electron chi connectivity index (χ0n) is 12.6. The number of rotatable bonds is 2. The van der Waals surface area contributed by atoms with Crippen LogP contribution in [0.25, 0.3) is 10.1 Å². The fraction of sp³-hybridized carbons (Fsp3) is 0.375. The van der Waals surface area contributed by atoms with Gasteiger partial charge in [-0.05, 0) is 35.4 Å². The predicted molar refractivity (Wildman–Crippen MR) is 86.2 cm³/mol. The van der Waals surface area contributed by atoms with Crippen molar-refractivity contribution >= 4 is 33.2 Å². The molecule has 1 fully saturated rings. The van der Waals surface area contributed by atoms with E-state index >= 15 is 0 Å². The first-order chi connectivity index (χ1) is 10.5. The third-order valence-electron chi connectivity index (χ3n) is 4.14. The van der Waals surface area contributed by atoms with Gasteiger partial charge in [0.1, 0.15) is 11.8 Å². The molecule has 0 spiro atoms. The topological polar surface area (TPSA) is 60.9 Å². The highest BCUT2D eigenvalue weighted by Gasteiger charge is 2.35. The summed E-state index contributed by atoms with van der Waals surface area (Å²) in [5.74, 6) is -0.107. The Morgan fingerprint density at radius 3 is 2.91 bits per heavy atom. The first-order valence-corrected chi connectivity index (χ1v) is 8.17. The summed E-state index contributed by atoms with van der Waals surface area (Å²) < 4.78 is 0.776. The summed E-state index contributed by atoms with van der Waals surface area (Å²) in [4.78, 5) is 28.3. The highest BCUT2D eigenvalue weighted by molar-refractivity contribution is 7.17. The van der Waals surface area contributed by atoms with Crippen molar-refractivity contribution in [3.8, 4) is 5.75 Å². The van der Waals surface area contributed by atoms with Crippen molar-refractivity contribution in [2.75, 3.05) is 20.1 Å². The number of amides is 2. The van der Waals surface area contributed by atoms with Gasteiger partial charge in [-0.2, -0.15) is 0 Å². The third-order valence-corrected chi connectivity index (χ3v) is 5.09. The number of phenols is 1. The van der Waals surface area contributed by atoms with Crippen molar-refractivity contribution < 1.29 is 14.7 Å². The zero-order chi connectivity index (χ0) is 15.9. The van der Waals surface area contributed by atoms with E-state index in [0.717, 1.165) is 10.1 Å². The molecule has 1 aliphatic heterocycles. The minimum atomic E-state index is -0.424. The molecule has 2 amide bonds. The summed E-state index contributed by atoms with van der Waals surface area (Å²) in [7, 11) is 1.76. The number of aromatic hydroxyl groups is 1. The molecule has 0 bridgehead atoms. The van der Waals surface area contributed by atoms with Crippen LogP contribution in [0.1, 0.15) is 23.7 Å². The van der Waals surface area contributed by atoms with Crippen LogP contribution in [0.15, 0.2) is 23.6 Å². The van der Waals surface area contributed by atoms with E-state index in [1.807, 2.05) is 18.4 Å². The van der Waals surface area contributed by atoms with E-state index in [1.165, 1.54) is 17.4 Å². The van der Waals surface area contributed by atoms with E-state index < -0.39 is 6.04 Å². The molecule has 116 valence electrons. The Balaban J connectivity index is 1.96. The standard InChI is InChI=1S/C16H18N2O3S/c1-3-12-16(21)17(2)5-6-18(12)15(20)11-8-10-4-7-22-14(10)13(19)9-11/h4,7-9,12,19H,3,5-6H2,1-2H3. The lowest BCUT2D eigenvalue weighted by atomic mass is 10.1. The number of thiophene rings is 1. The van der Waals surface area contributed by atoms with Crippen molar-refractivity contribution in [3.63, 3.8) is 0 Å². The van der Waals surface area contributed by atoms with Gasteiger partial charge in [0, 0.05) is 25.7 Å².